The van der Waals surface area contributed by atoms with Crippen molar-refractivity contribution in [3.63, 3.8) is 0 Å². The molecule has 0 spiro atoms. The Kier molecular flexibility index (Phi) is 9.31. The molecule has 0 saturated carbocycles. The third-order valence-corrected chi connectivity index (χ3v) is 7.25. The minimum atomic E-state index is -0.468. The van der Waals surface area contributed by atoms with Crippen LogP contribution < -0.4 is 16.0 Å². The monoisotopic (exact) mass is 562 g/mol. The van der Waals surface area contributed by atoms with Crippen molar-refractivity contribution in [2.45, 2.75) is 17.1 Å². The second-order valence-corrected chi connectivity index (χ2v) is 10.8. The lowest BCUT2D eigenvalue weighted by Gasteiger charge is -2.14. The number of aromatic nitrogens is 1. The van der Waals surface area contributed by atoms with Gasteiger partial charge in [0, 0.05) is 27.2 Å². The van der Waals surface area contributed by atoms with E-state index in [9.17, 15) is 14.4 Å². The van der Waals surface area contributed by atoms with Gasteiger partial charge in [-0.25, -0.2) is 4.98 Å². The molecule has 2 heterocycles. The normalized spacial score (nSPS) is 11.9. The molecular formula is C28H23ClN4O3S2. The lowest BCUT2D eigenvalue weighted by Crippen LogP contribution is -2.30. The number of thiophene rings is 1. The first kappa shape index (κ1) is 27.1. The Morgan fingerprint density at radius 1 is 0.974 bits per heavy atom. The molecule has 2 aromatic heterocycles. The first-order valence-electron chi connectivity index (χ1n) is 11.5. The zero-order chi connectivity index (χ0) is 26.9. The van der Waals surface area contributed by atoms with Crippen LogP contribution in [0.15, 0.2) is 101 Å². The van der Waals surface area contributed by atoms with Crippen molar-refractivity contribution in [2.75, 3.05) is 10.6 Å². The minimum absolute atomic E-state index is 0.113. The molecule has 0 aliphatic heterocycles. The van der Waals surface area contributed by atoms with Gasteiger partial charge in [0.15, 0.2) is 0 Å². The van der Waals surface area contributed by atoms with Crippen LogP contribution >= 0.6 is 34.7 Å². The van der Waals surface area contributed by atoms with E-state index in [1.54, 1.807) is 67.6 Å². The van der Waals surface area contributed by atoms with Gasteiger partial charge in [-0.1, -0.05) is 41.9 Å². The third-order valence-electron chi connectivity index (χ3n) is 5.11. The Bertz CT molecular complexity index is 1440. The molecule has 4 aromatic rings. The van der Waals surface area contributed by atoms with Gasteiger partial charge >= 0.3 is 0 Å². The van der Waals surface area contributed by atoms with E-state index in [1.807, 2.05) is 29.6 Å². The van der Waals surface area contributed by atoms with Gasteiger partial charge in [-0.15, -0.1) is 23.1 Å². The lowest BCUT2D eigenvalue weighted by atomic mass is 10.2. The summed E-state index contributed by atoms with van der Waals surface area (Å²) in [5.74, 6) is -0.660. The summed E-state index contributed by atoms with van der Waals surface area (Å²) in [6.07, 6.45) is 3.10. The predicted molar refractivity (Wildman–Crippen MR) is 154 cm³/mol. The number of nitrogens with one attached hydrogen (secondary N) is 3. The maximum atomic E-state index is 13.2. The molecule has 0 bridgehead atoms. The fraction of sp³-hybridized carbons (Fsp3) is 0.0714. The van der Waals surface area contributed by atoms with Crippen LogP contribution in [0.2, 0.25) is 5.02 Å². The largest absolute Gasteiger partial charge is 0.321 e. The smallest absolute Gasteiger partial charge is 0.272 e. The highest BCUT2D eigenvalue weighted by Gasteiger charge is 2.18. The Morgan fingerprint density at radius 2 is 1.79 bits per heavy atom. The second-order valence-electron chi connectivity index (χ2n) is 7.99. The average Bonchev–Trinajstić information content (AvgIpc) is 3.43. The Hall–Kier alpha value is -3.92. The number of benzene rings is 2. The van der Waals surface area contributed by atoms with Crippen molar-refractivity contribution in [2.24, 2.45) is 0 Å². The highest BCUT2D eigenvalue weighted by Crippen LogP contribution is 2.27. The van der Waals surface area contributed by atoms with Gasteiger partial charge < -0.3 is 16.0 Å². The molecule has 3 N–H and O–H groups in total. The topological polar surface area (TPSA) is 100 Å². The van der Waals surface area contributed by atoms with Crippen molar-refractivity contribution in [3.8, 4) is 0 Å². The van der Waals surface area contributed by atoms with E-state index < -0.39 is 11.2 Å². The molecule has 4 rings (SSSR count). The number of carbonyl (C=O) groups is 3. The summed E-state index contributed by atoms with van der Waals surface area (Å²) < 4.78 is 0. The molecule has 192 valence electrons. The maximum absolute atomic E-state index is 13.2. The minimum Gasteiger partial charge on any atom is -0.321 e. The number of rotatable bonds is 9. The van der Waals surface area contributed by atoms with E-state index in [0.29, 0.717) is 22.1 Å². The molecule has 0 radical (unpaired) electrons. The summed E-state index contributed by atoms with van der Waals surface area (Å²) >= 11 is 8.63. The van der Waals surface area contributed by atoms with Gasteiger partial charge in [-0.2, -0.15) is 0 Å². The molecule has 1 unspecified atom stereocenters. The lowest BCUT2D eigenvalue weighted by molar-refractivity contribution is -0.115. The number of nitrogens with zero attached hydrogens (tertiary/aromatic N) is 1. The van der Waals surface area contributed by atoms with Crippen LogP contribution in [0.25, 0.3) is 6.08 Å². The number of carbonyl (C=O) groups excluding carboxylic acids is 3. The number of halogens is 1. The van der Waals surface area contributed by atoms with Gasteiger partial charge in [0.05, 0.1) is 10.3 Å². The Labute approximate surface area is 233 Å². The molecule has 10 heteroatoms. The molecule has 0 aliphatic carbocycles. The average molecular weight is 563 g/mol. The van der Waals surface area contributed by atoms with Crippen LogP contribution in [0.5, 0.6) is 0 Å². The maximum Gasteiger partial charge on any atom is 0.272 e. The molecule has 7 nitrogen and oxygen atoms in total. The summed E-state index contributed by atoms with van der Waals surface area (Å²) in [4.78, 5) is 44.2. The highest BCUT2D eigenvalue weighted by atomic mass is 35.5. The quantitative estimate of drug-likeness (QED) is 0.164. The zero-order valence-corrected chi connectivity index (χ0v) is 22.6. The fourth-order valence-corrected chi connectivity index (χ4v) is 4.93. The molecule has 3 amide bonds. The fourth-order valence-electron chi connectivity index (χ4n) is 3.24. The Morgan fingerprint density at radius 3 is 2.50 bits per heavy atom. The number of thioether (sulfide) groups is 1. The van der Waals surface area contributed by atoms with Crippen LogP contribution in [0.4, 0.5) is 11.5 Å². The van der Waals surface area contributed by atoms with E-state index in [-0.39, 0.29) is 17.5 Å². The van der Waals surface area contributed by atoms with Crippen molar-refractivity contribution in [3.05, 3.63) is 112 Å². The van der Waals surface area contributed by atoms with E-state index >= 15 is 0 Å². The third kappa shape index (κ3) is 7.79. The molecule has 0 saturated heterocycles. The standard InChI is InChI=1S/C28H23ClN4O3S2/c1-18(26(34)33-25-13-12-20(29)17-30-25)38-23-10-5-9-21(15-23)31-28(36)24(16-22-11-6-14-37-22)32-27(35)19-7-3-2-4-8-19/h2-18H,1H3,(H,31,36)(H,32,35)(H,30,33,34)/b24-16-. The summed E-state index contributed by atoms with van der Waals surface area (Å²) in [5, 5.41) is 10.3. The predicted octanol–water partition coefficient (Wildman–Crippen LogP) is 6.33. The van der Waals surface area contributed by atoms with Crippen LogP contribution in [-0.2, 0) is 9.59 Å². The molecule has 2 aromatic carbocycles. The van der Waals surface area contributed by atoms with Gasteiger partial charge in [0.1, 0.15) is 11.5 Å². The summed E-state index contributed by atoms with van der Waals surface area (Å²) in [5.41, 5.74) is 1.08. The van der Waals surface area contributed by atoms with Crippen molar-refractivity contribution in [1.29, 1.82) is 0 Å². The van der Waals surface area contributed by atoms with E-state index in [1.165, 1.54) is 29.3 Å². The molecule has 1 atom stereocenters. The van der Waals surface area contributed by atoms with E-state index in [4.69, 9.17) is 11.6 Å². The number of anilines is 2. The highest BCUT2D eigenvalue weighted by molar-refractivity contribution is 8.00. The number of pyridine rings is 1. The zero-order valence-electron chi connectivity index (χ0n) is 20.2. The molecule has 0 aliphatic rings. The van der Waals surface area contributed by atoms with E-state index in [2.05, 4.69) is 20.9 Å². The van der Waals surface area contributed by atoms with Crippen molar-refractivity contribution >= 4 is 70.0 Å². The summed E-state index contributed by atoms with van der Waals surface area (Å²) in [6, 6.07) is 22.8. The first-order valence-corrected chi connectivity index (χ1v) is 13.6. The van der Waals surface area contributed by atoms with Crippen LogP contribution in [0, 0.1) is 0 Å². The van der Waals surface area contributed by atoms with Gasteiger partial charge in [-0.05, 0) is 66.9 Å². The molecule has 38 heavy (non-hydrogen) atoms. The van der Waals surface area contributed by atoms with E-state index in [0.717, 1.165) is 9.77 Å². The first-order chi connectivity index (χ1) is 18.4. The van der Waals surface area contributed by atoms with Gasteiger partial charge in [0.25, 0.3) is 11.8 Å². The number of amides is 3. The van der Waals surface area contributed by atoms with Crippen molar-refractivity contribution < 1.29 is 14.4 Å². The van der Waals surface area contributed by atoms with Gasteiger partial charge in [0.2, 0.25) is 5.91 Å². The van der Waals surface area contributed by atoms with Crippen LogP contribution in [0.1, 0.15) is 22.2 Å². The van der Waals surface area contributed by atoms with Crippen LogP contribution in [0.3, 0.4) is 0 Å². The van der Waals surface area contributed by atoms with Crippen LogP contribution in [-0.4, -0.2) is 28.0 Å². The van der Waals surface area contributed by atoms with Gasteiger partial charge in [-0.3, -0.25) is 14.4 Å². The summed E-state index contributed by atoms with van der Waals surface area (Å²) in [7, 11) is 0. The summed E-state index contributed by atoms with van der Waals surface area (Å²) in [6.45, 7) is 1.78. The molecule has 0 fully saturated rings. The number of hydrogen-bond acceptors (Lipinski definition) is 6. The molecular weight excluding hydrogens is 540 g/mol. The Balaban J connectivity index is 1.44. The SMILES string of the molecule is CC(Sc1cccc(NC(=O)/C(=C/c2cccs2)NC(=O)c2ccccc2)c1)C(=O)Nc1ccc(Cl)cn1. The van der Waals surface area contributed by atoms with Crippen molar-refractivity contribution in [1.82, 2.24) is 10.3 Å². The number of hydrogen-bond donors (Lipinski definition) is 3. The second kappa shape index (κ2) is 13.0.